The van der Waals surface area contributed by atoms with Gasteiger partial charge in [0, 0.05) is 24.0 Å². The molecule has 0 aromatic heterocycles. The molecule has 144 valence electrons. The molecular weight excluding hydrogens is 349 g/mol. The fraction of sp³-hybridized carbons (Fsp3) is 0.455. The minimum atomic E-state index is -4.34. The molecule has 0 amide bonds. The van der Waals surface area contributed by atoms with Crippen molar-refractivity contribution in [1.29, 1.82) is 0 Å². The molecule has 5 heteroatoms. The monoisotopic (exact) mass is 374 g/mol. The third kappa shape index (κ3) is 4.19. The van der Waals surface area contributed by atoms with Crippen LogP contribution in [0, 0.1) is 0 Å². The molecule has 2 aliphatic rings. The number of alkyl halides is 3. The molecule has 0 aliphatic heterocycles. The van der Waals surface area contributed by atoms with Crippen LogP contribution in [0.2, 0.25) is 0 Å². The molecule has 4 rings (SSSR count). The zero-order valence-electron chi connectivity index (χ0n) is 15.2. The lowest BCUT2D eigenvalue weighted by atomic mass is 9.91. The van der Waals surface area contributed by atoms with Gasteiger partial charge in [-0.05, 0) is 54.9 Å². The molecule has 27 heavy (non-hydrogen) atoms. The summed E-state index contributed by atoms with van der Waals surface area (Å²) in [6.45, 7) is 0. The number of nitrogens with one attached hydrogen (secondary N) is 1. The van der Waals surface area contributed by atoms with E-state index < -0.39 is 11.7 Å². The lowest BCUT2D eigenvalue weighted by Crippen LogP contribution is -2.38. The Labute approximate surface area is 158 Å². The third-order valence-electron chi connectivity index (χ3n) is 5.88. The van der Waals surface area contributed by atoms with Gasteiger partial charge in [-0.15, -0.1) is 0 Å². The second kappa shape index (κ2) is 7.28. The first-order valence-electron chi connectivity index (χ1n) is 9.70. The number of nitrogens with two attached hydrogens (primary N) is 1. The van der Waals surface area contributed by atoms with E-state index in [0.717, 1.165) is 37.7 Å². The highest BCUT2D eigenvalue weighted by atomic mass is 19.4. The van der Waals surface area contributed by atoms with Crippen LogP contribution in [0.15, 0.2) is 48.5 Å². The van der Waals surface area contributed by atoms with Crippen molar-refractivity contribution in [3.8, 4) is 11.1 Å². The zero-order valence-corrected chi connectivity index (χ0v) is 15.2. The maximum absolute atomic E-state index is 13.7. The first-order valence-corrected chi connectivity index (χ1v) is 9.70. The van der Waals surface area contributed by atoms with Crippen molar-refractivity contribution in [3.63, 3.8) is 0 Å². The average molecular weight is 374 g/mol. The molecule has 2 aromatic rings. The van der Waals surface area contributed by atoms with Crippen molar-refractivity contribution in [2.45, 2.75) is 62.3 Å². The molecule has 2 aliphatic carbocycles. The summed E-state index contributed by atoms with van der Waals surface area (Å²) in [5.41, 5.74) is 7.28. The van der Waals surface area contributed by atoms with Crippen LogP contribution in [0.25, 0.3) is 11.1 Å². The number of benzene rings is 2. The summed E-state index contributed by atoms with van der Waals surface area (Å²) < 4.78 is 41.2. The fourth-order valence-electron chi connectivity index (χ4n) is 4.25. The number of hydrogen-bond acceptors (Lipinski definition) is 2. The standard InChI is InChI=1S/C22H25F3N2/c23-22(24,25)20-12-15(14-4-2-1-3-5-14)6-11-18(20)19-13-21(19)27-17-9-7-16(26)8-10-17/h1-6,11-12,16-17,19,21,27H,7-10,13,26H2/t16-,17-,19-,21+/m1/s1. The first kappa shape index (κ1) is 18.5. The van der Waals surface area contributed by atoms with E-state index in [1.165, 1.54) is 6.07 Å². The summed E-state index contributed by atoms with van der Waals surface area (Å²) in [4.78, 5) is 0. The second-order valence-electron chi connectivity index (χ2n) is 7.89. The van der Waals surface area contributed by atoms with Crippen molar-refractivity contribution >= 4 is 0 Å². The molecule has 0 heterocycles. The Morgan fingerprint density at radius 1 is 0.889 bits per heavy atom. The molecule has 2 saturated carbocycles. The smallest absolute Gasteiger partial charge is 0.328 e. The SMILES string of the molecule is N[C@H]1CC[C@H](N[C@H]2C[C@@H]2c2ccc(-c3ccccc3)cc2C(F)(F)F)CC1. The predicted molar refractivity (Wildman–Crippen MR) is 101 cm³/mol. The number of hydrogen-bond donors (Lipinski definition) is 2. The van der Waals surface area contributed by atoms with E-state index in [1.807, 2.05) is 36.4 Å². The molecule has 2 aromatic carbocycles. The van der Waals surface area contributed by atoms with Gasteiger partial charge >= 0.3 is 6.18 Å². The van der Waals surface area contributed by atoms with Crippen LogP contribution in [-0.2, 0) is 6.18 Å². The van der Waals surface area contributed by atoms with Gasteiger partial charge in [0.15, 0.2) is 0 Å². The Bertz CT molecular complexity index is 780. The van der Waals surface area contributed by atoms with Gasteiger partial charge in [0.25, 0.3) is 0 Å². The Kier molecular flexibility index (Phi) is 4.99. The van der Waals surface area contributed by atoms with Crippen LogP contribution in [-0.4, -0.2) is 18.1 Å². The summed E-state index contributed by atoms with van der Waals surface area (Å²) in [6.07, 6.45) is 0.456. The van der Waals surface area contributed by atoms with Crippen LogP contribution >= 0.6 is 0 Å². The second-order valence-corrected chi connectivity index (χ2v) is 7.89. The van der Waals surface area contributed by atoms with E-state index in [0.29, 0.717) is 17.2 Å². The highest BCUT2D eigenvalue weighted by Gasteiger charge is 2.45. The van der Waals surface area contributed by atoms with E-state index in [9.17, 15) is 13.2 Å². The molecule has 2 atom stereocenters. The molecular formula is C22H25F3N2. The van der Waals surface area contributed by atoms with Crippen molar-refractivity contribution < 1.29 is 13.2 Å². The predicted octanol–water partition coefficient (Wildman–Crippen LogP) is 5.09. The molecule has 2 nitrogen and oxygen atoms in total. The Balaban J connectivity index is 1.53. The molecule has 2 fully saturated rings. The van der Waals surface area contributed by atoms with E-state index in [1.54, 1.807) is 6.07 Å². The van der Waals surface area contributed by atoms with Gasteiger partial charge in [0.2, 0.25) is 0 Å². The van der Waals surface area contributed by atoms with Gasteiger partial charge in [-0.1, -0.05) is 42.5 Å². The van der Waals surface area contributed by atoms with Crippen LogP contribution < -0.4 is 11.1 Å². The largest absolute Gasteiger partial charge is 0.416 e. The maximum Gasteiger partial charge on any atom is 0.416 e. The van der Waals surface area contributed by atoms with Gasteiger partial charge in [0.1, 0.15) is 0 Å². The lowest BCUT2D eigenvalue weighted by Gasteiger charge is -2.27. The van der Waals surface area contributed by atoms with Crippen LogP contribution in [0.5, 0.6) is 0 Å². The molecule has 0 spiro atoms. The van der Waals surface area contributed by atoms with E-state index in [2.05, 4.69) is 5.32 Å². The maximum atomic E-state index is 13.7. The molecule has 0 unspecified atom stereocenters. The van der Waals surface area contributed by atoms with Crippen LogP contribution in [0.3, 0.4) is 0 Å². The van der Waals surface area contributed by atoms with Gasteiger partial charge in [-0.2, -0.15) is 13.2 Å². The Morgan fingerprint density at radius 3 is 2.26 bits per heavy atom. The van der Waals surface area contributed by atoms with Crippen molar-refractivity contribution in [1.82, 2.24) is 5.32 Å². The normalized spacial score (nSPS) is 28.1. The van der Waals surface area contributed by atoms with E-state index in [-0.39, 0.29) is 18.0 Å². The topological polar surface area (TPSA) is 38.0 Å². The molecule has 0 bridgehead atoms. The zero-order chi connectivity index (χ0) is 19.0. The average Bonchev–Trinajstić information content (AvgIpc) is 3.42. The number of halogens is 3. The van der Waals surface area contributed by atoms with Gasteiger partial charge < -0.3 is 11.1 Å². The van der Waals surface area contributed by atoms with E-state index >= 15 is 0 Å². The van der Waals surface area contributed by atoms with Crippen molar-refractivity contribution in [2.75, 3.05) is 0 Å². The molecule has 0 saturated heterocycles. The third-order valence-corrected chi connectivity index (χ3v) is 5.88. The van der Waals surface area contributed by atoms with Crippen LogP contribution in [0.4, 0.5) is 13.2 Å². The summed E-state index contributed by atoms with van der Waals surface area (Å²) >= 11 is 0. The summed E-state index contributed by atoms with van der Waals surface area (Å²) in [6, 6.07) is 14.8. The molecule has 0 radical (unpaired) electrons. The Morgan fingerprint density at radius 2 is 1.59 bits per heavy atom. The first-order chi connectivity index (χ1) is 12.9. The van der Waals surface area contributed by atoms with Gasteiger partial charge in [0.05, 0.1) is 5.56 Å². The summed E-state index contributed by atoms with van der Waals surface area (Å²) in [5.74, 6) is -0.0537. The van der Waals surface area contributed by atoms with Crippen molar-refractivity contribution in [3.05, 3.63) is 59.7 Å². The van der Waals surface area contributed by atoms with Gasteiger partial charge in [-0.25, -0.2) is 0 Å². The lowest BCUT2D eigenvalue weighted by molar-refractivity contribution is -0.138. The molecule has 3 N–H and O–H groups in total. The minimum Gasteiger partial charge on any atom is -0.328 e. The summed E-state index contributed by atoms with van der Waals surface area (Å²) in [7, 11) is 0. The number of rotatable bonds is 4. The minimum absolute atomic E-state index is 0.0537. The van der Waals surface area contributed by atoms with Crippen LogP contribution in [0.1, 0.15) is 49.1 Å². The highest BCUT2D eigenvalue weighted by molar-refractivity contribution is 5.65. The highest BCUT2D eigenvalue weighted by Crippen LogP contribution is 2.47. The fourth-order valence-corrected chi connectivity index (χ4v) is 4.25. The Hall–Kier alpha value is -1.85. The summed E-state index contributed by atoms with van der Waals surface area (Å²) in [5, 5.41) is 3.56. The van der Waals surface area contributed by atoms with E-state index in [4.69, 9.17) is 5.73 Å². The van der Waals surface area contributed by atoms with Crippen molar-refractivity contribution in [2.24, 2.45) is 5.73 Å². The van der Waals surface area contributed by atoms with Gasteiger partial charge in [-0.3, -0.25) is 0 Å². The quantitative estimate of drug-likeness (QED) is 0.782.